The monoisotopic (exact) mass is 328 g/mol. The molecule has 0 aromatic carbocycles. The third kappa shape index (κ3) is 3.39. The predicted octanol–water partition coefficient (Wildman–Crippen LogP) is 0.714. The minimum Gasteiger partial charge on any atom is -0.339 e. The van der Waals surface area contributed by atoms with Crippen molar-refractivity contribution in [2.24, 2.45) is 0 Å². The number of nitrogens with one attached hydrogen (secondary N) is 1. The highest BCUT2D eigenvalue weighted by atomic mass is 35.5. The topological polar surface area (TPSA) is 98.0 Å². The van der Waals surface area contributed by atoms with E-state index >= 15 is 0 Å². The molecule has 0 aliphatic carbocycles. The first-order chi connectivity index (χ1) is 10.0. The van der Waals surface area contributed by atoms with Crippen LogP contribution in [0.3, 0.4) is 0 Å². The molecular formula is C12H13ClN4O3S. The summed E-state index contributed by atoms with van der Waals surface area (Å²) >= 11 is 6.02. The molecule has 0 bridgehead atoms. The molecule has 1 N–H and O–H groups in total. The summed E-state index contributed by atoms with van der Waals surface area (Å²) in [6.07, 6.45) is 1.95. The molecule has 2 aromatic rings. The van der Waals surface area contributed by atoms with Crippen LogP contribution in [0.4, 0.5) is 0 Å². The largest absolute Gasteiger partial charge is 0.339 e. The van der Waals surface area contributed by atoms with Gasteiger partial charge in [0, 0.05) is 25.2 Å². The van der Waals surface area contributed by atoms with Crippen LogP contribution in [0.15, 0.2) is 22.9 Å². The smallest absolute Gasteiger partial charge is 0.228 e. The summed E-state index contributed by atoms with van der Waals surface area (Å²) in [5.41, 5.74) is 0.443. The average molecular weight is 329 g/mol. The maximum Gasteiger partial charge on any atom is 0.228 e. The highest BCUT2D eigenvalue weighted by Crippen LogP contribution is 2.22. The molecule has 3 heterocycles. The first-order valence-corrected chi connectivity index (χ1v) is 8.61. The lowest BCUT2D eigenvalue weighted by molar-refractivity contribution is 0.361. The maximum atomic E-state index is 11.6. The summed E-state index contributed by atoms with van der Waals surface area (Å²) in [4.78, 5) is 8.33. The summed E-state index contributed by atoms with van der Waals surface area (Å²) in [6.45, 7) is 0.445. The van der Waals surface area contributed by atoms with Gasteiger partial charge in [0.05, 0.1) is 16.5 Å². The highest BCUT2D eigenvalue weighted by molar-refractivity contribution is 7.91. The van der Waals surface area contributed by atoms with Crippen molar-refractivity contribution in [1.29, 1.82) is 0 Å². The van der Waals surface area contributed by atoms with Gasteiger partial charge in [-0.1, -0.05) is 16.8 Å². The van der Waals surface area contributed by atoms with Crippen molar-refractivity contribution < 1.29 is 12.9 Å². The van der Waals surface area contributed by atoms with Gasteiger partial charge in [-0.05, 0) is 12.1 Å². The van der Waals surface area contributed by atoms with Gasteiger partial charge < -0.3 is 9.84 Å². The van der Waals surface area contributed by atoms with Crippen LogP contribution in [-0.4, -0.2) is 47.6 Å². The van der Waals surface area contributed by atoms with Gasteiger partial charge in [-0.2, -0.15) is 4.98 Å². The quantitative estimate of drug-likeness (QED) is 0.886. The van der Waals surface area contributed by atoms with Crippen molar-refractivity contribution in [3.05, 3.63) is 29.2 Å². The summed E-state index contributed by atoms with van der Waals surface area (Å²) in [6, 6.07) is 3.19. The average Bonchev–Trinajstić information content (AvgIpc) is 2.86. The van der Waals surface area contributed by atoms with Gasteiger partial charge in [0.1, 0.15) is 5.69 Å². The van der Waals surface area contributed by atoms with Crippen LogP contribution in [0, 0.1) is 0 Å². The SMILES string of the molecule is O=S1(=O)CCNC(Cc2nc(-c3ncccc3Cl)no2)C1. The number of aromatic nitrogens is 3. The summed E-state index contributed by atoms with van der Waals surface area (Å²) in [7, 11) is -2.99. The second-order valence-electron chi connectivity index (χ2n) is 4.82. The van der Waals surface area contributed by atoms with Gasteiger partial charge in [0.25, 0.3) is 0 Å². The van der Waals surface area contributed by atoms with Crippen LogP contribution in [-0.2, 0) is 16.3 Å². The molecule has 7 nitrogen and oxygen atoms in total. The molecule has 2 aromatic heterocycles. The Labute approximate surface area is 126 Å². The molecule has 0 spiro atoms. The lowest BCUT2D eigenvalue weighted by atomic mass is 10.2. The van der Waals surface area contributed by atoms with Crippen molar-refractivity contribution in [2.45, 2.75) is 12.5 Å². The molecule has 0 amide bonds. The van der Waals surface area contributed by atoms with Gasteiger partial charge in [-0.15, -0.1) is 0 Å². The van der Waals surface area contributed by atoms with Crippen LogP contribution < -0.4 is 5.32 Å². The Balaban J connectivity index is 1.75. The van der Waals surface area contributed by atoms with Crippen molar-refractivity contribution in [3.63, 3.8) is 0 Å². The second-order valence-corrected chi connectivity index (χ2v) is 7.45. The summed E-state index contributed by atoms with van der Waals surface area (Å²) in [5, 5.41) is 7.41. The van der Waals surface area contributed by atoms with Gasteiger partial charge >= 0.3 is 0 Å². The standard InChI is InChI=1S/C12H13ClN4O3S/c13-9-2-1-3-15-11(9)12-16-10(20-17-12)6-8-7-21(18,19)5-4-14-8/h1-3,8,14H,4-7H2. The minimum absolute atomic E-state index is 0.0784. The number of rotatable bonds is 3. The van der Waals surface area contributed by atoms with Crippen molar-refractivity contribution >= 4 is 21.4 Å². The van der Waals surface area contributed by atoms with Crippen LogP contribution in [0.5, 0.6) is 0 Å². The molecule has 1 fully saturated rings. The molecule has 9 heteroatoms. The van der Waals surface area contributed by atoms with Crippen LogP contribution in [0.1, 0.15) is 5.89 Å². The van der Waals surface area contributed by atoms with E-state index in [1.54, 1.807) is 18.3 Å². The van der Waals surface area contributed by atoms with Crippen molar-refractivity contribution in [1.82, 2.24) is 20.4 Å². The number of pyridine rings is 1. The number of sulfone groups is 1. The van der Waals surface area contributed by atoms with Gasteiger partial charge in [-0.3, -0.25) is 4.98 Å². The van der Waals surface area contributed by atoms with E-state index in [1.807, 2.05) is 0 Å². The van der Waals surface area contributed by atoms with E-state index in [1.165, 1.54) is 0 Å². The summed E-state index contributed by atoms with van der Waals surface area (Å²) in [5.74, 6) is 0.910. The first kappa shape index (κ1) is 14.4. The zero-order valence-electron chi connectivity index (χ0n) is 11.0. The molecule has 21 heavy (non-hydrogen) atoms. The Hall–Kier alpha value is -1.51. The van der Waals surface area contributed by atoms with E-state index in [4.69, 9.17) is 16.1 Å². The Morgan fingerprint density at radius 3 is 3.10 bits per heavy atom. The second kappa shape index (κ2) is 5.70. The van der Waals surface area contributed by atoms with Crippen LogP contribution >= 0.6 is 11.6 Å². The van der Waals surface area contributed by atoms with Crippen molar-refractivity contribution in [2.75, 3.05) is 18.1 Å². The fourth-order valence-corrected chi connectivity index (χ4v) is 3.84. The summed E-state index contributed by atoms with van der Waals surface area (Å²) < 4.78 is 28.3. The molecule has 0 saturated carbocycles. The molecule has 0 radical (unpaired) electrons. The predicted molar refractivity (Wildman–Crippen MR) is 76.7 cm³/mol. The molecule has 1 aliphatic heterocycles. The van der Waals surface area contributed by atoms with Crippen LogP contribution in [0.2, 0.25) is 5.02 Å². The lowest BCUT2D eigenvalue weighted by Crippen LogP contribution is -2.46. The minimum atomic E-state index is -2.99. The first-order valence-electron chi connectivity index (χ1n) is 6.41. The van der Waals surface area contributed by atoms with Crippen molar-refractivity contribution in [3.8, 4) is 11.5 Å². The Morgan fingerprint density at radius 1 is 1.48 bits per heavy atom. The van der Waals surface area contributed by atoms with E-state index in [0.29, 0.717) is 35.4 Å². The lowest BCUT2D eigenvalue weighted by Gasteiger charge is -2.21. The number of nitrogens with zero attached hydrogens (tertiary/aromatic N) is 3. The van der Waals surface area contributed by atoms with E-state index in [9.17, 15) is 8.42 Å². The van der Waals surface area contributed by atoms with E-state index in [2.05, 4.69) is 20.4 Å². The number of hydrogen-bond acceptors (Lipinski definition) is 7. The Kier molecular flexibility index (Phi) is 3.92. The van der Waals surface area contributed by atoms with Gasteiger partial charge in [-0.25, -0.2) is 8.42 Å². The molecule has 1 unspecified atom stereocenters. The molecule has 1 aliphatic rings. The van der Waals surface area contributed by atoms with Crippen LogP contribution in [0.25, 0.3) is 11.5 Å². The zero-order valence-corrected chi connectivity index (χ0v) is 12.6. The highest BCUT2D eigenvalue weighted by Gasteiger charge is 2.26. The van der Waals surface area contributed by atoms with Gasteiger partial charge in [0.15, 0.2) is 9.84 Å². The third-order valence-electron chi connectivity index (χ3n) is 3.16. The van der Waals surface area contributed by atoms with Gasteiger partial charge in [0.2, 0.25) is 11.7 Å². The molecule has 112 valence electrons. The van der Waals surface area contributed by atoms with E-state index in [-0.39, 0.29) is 17.5 Å². The third-order valence-corrected chi connectivity index (χ3v) is 5.20. The Morgan fingerprint density at radius 2 is 2.33 bits per heavy atom. The zero-order chi connectivity index (χ0) is 14.9. The van der Waals surface area contributed by atoms with E-state index < -0.39 is 9.84 Å². The fourth-order valence-electron chi connectivity index (χ4n) is 2.19. The number of halogens is 1. The normalized spacial score (nSPS) is 21.3. The molecule has 1 atom stereocenters. The number of hydrogen-bond donors (Lipinski definition) is 1. The molecule has 1 saturated heterocycles. The molecular weight excluding hydrogens is 316 g/mol. The fraction of sp³-hybridized carbons (Fsp3) is 0.417. The van der Waals surface area contributed by atoms with E-state index in [0.717, 1.165) is 0 Å². The Bertz CT molecular complexity index is 746. The maximum absolute atomic E-state index is 11.6. The molecule has 3 rings (SSSR count).